The number of aromatic carboxylic acids is 1. The number of carbonyl (C=O) groups is 1. The molecule has 0 aliphatic heterocycles. The lowest BCUT2D eigenvalue weighted by molar-refractivity contribution is 0.0696. The number of aromatic nitrogens is 1. The van der Waals surface area contributed by atoms with Gasteiger partial charge >= 0.3 is 5.97 Å². The standard InChI is InChI=1S/C14H12BrNO3/c1-9-5-11(14(17)18)7-13(16-9)19-8-10-3-2-4-12(15)6-10/h2-7H,8H2,1H3,(H,17,18). The normalized spacial score (nSPS) is 10.2. The van der Waals surface area contributed by atoms with Gasteiger partial charge in [-0.25, -0.2) is 9.78 Å². The molecule has 0 aliphatic rings. The van der Waals surface area contributed by atoms with Crippen LogP contribution in [0.4, 0.5) is 0 Å². The third-order valence-electron chi connectivity index (χ3n) is 2.45. The lowest BCUT2D eigenvalue weighted by Gasteiger charge is -2.07. The van der Waals surface area contributed by atoms with E-state index in [1.54, 1.807) is 6.92 Å². The topological polar surface area (TPSA) is 59.4 Å². The first-order chi connectivity index (χ1) is 9.04. The van der Waals surface area contributed by atoms with Gasteiger partial charge in [0.25, 0.3) is 0 Å². The Balaban J connectivity index is 2.13. The van der Waals surface area contributed by atoms with Gasteiger partial charge in [0, 0.05) is 16.2 Å². The van der Waals surface area contributed by atoms with Crippen molar-refractivity contribution in [2.24, 2.45) is 0 Å². The average molecular weight is 322 g/mol. The number of nitrogens with zero attached hydrogens (tertiary/aromatic N) is 1. The minimum atomic E-state index is -0.988. The molecule has 19 heavy (non-hydrogen) atoms. The van der Waals surface area contributed by atoms with E-state index < -0.39 is 5.97 Å². The first kappa shape index (κ1) is 13.5. The fourth-order valence-electron chi connectivity index (χ4n) is 1.62. The molecule has 0 saturated carbocycles. The number of hydrogen-bond acceptors (Lipinski definition) is 3. The van der Waals surface area contributed by atoms with Crippen molar-refractivity contribution in [3.8, 4) is 5.88 Å². The highest BCUT2D eigenvalue weighted by molar-refractivity contribution is 9.10. The maximum atomic E-state index is 10.9. The molecule has 0 aliphatic carbocycles. The Morgan fingerprint density at radius 2 is 2.16 bits per heavy atom. The van der Waals surface area contributed by atoms with E-state index >= 15 is 0 Å². The number of benzene rings is 1. The number of carboxylic acid groups (broad SMARTS) is 1. The van der Waals surface area contributed by atoms with Crippen LogP contribution in [-0.4, -0.2) is 16.1 Å². The van der Waals surface area contributed by atoms with E-state index in [2.05, 4.69) is 20.9 Å². The SMILES string of the molecule is Cc1cc(C(=O)O)cc(OCc2cccc(Br)c2)n1. The molecule has 1 heterocycles. The van der Waals surface area contributed by atoms with Crippen molar-refractivity contribution < 1.29 is 14.6 Å². The van der Waals surface area contributed by atoms with Gasteiger partial charge in [0.15, 0.2) is 0 Å². The average Bonchev–Trinajstić information content (AvgIpc) is 2.36. The number of rotatable bonds is 4. The summed E-state index contributed by atoms with van der Waals surface area (Å²) in [6, 6.07) is 10.6. The Bertz CT molecular complexity index is 613. The highest BCUT2D eigenvalue weighted by Crippen LogP contribution is 2.16. The van der Waals surface area contributed by atoms with Crippen LogP contribution in [0.25, 0.3) is 0 Å². The third kappa shape index (κ3) is 3.79. The molecule has 0 unspecified atom stereocenters. The molecular weight excluding hydrogens is 310 g/mol. The van der Waals surface area contributed by atoms with Gasteiger partial charge in [-0.15, -0.1) is 0 Å². The quantitative estimate of drug-likeness (QED) is 0.937. The van der Waals surface area contributed by atoms with Crippen molar-refractivity contribution in [2.45, 2.75) is 13.5 Å². The summed E-state index contributed by atoms with van der Waals surface area (Å²) in [6.45, 7) is 2.08. The molecule has 1 aromatic carbocycles. The van der Waals surface area contributed by atoms with E-state index in [9.17, 15) is 4.79 Å². The zero-order valence-electron chi connectivity index (χ0n) is 10.3. The molecule has 0 radical (unpaired) electrons. The molecule has 0 atom stereocenters. The summed E-state index contributed by atoms with van der Waals surface area (Å²) in [4.78, 5) is 15.1. The zero-order valence-corrected chi connectivity index (χ0v) is 11.8. The molecule has 4 nitrogen and oxygen atoms in total. The van der Waals surface area contributed by atoms with Crippen molar-refractivity contribution in [3.05, 3.63) is 57.7 Å². The summed E-state index contributed by atoms with van der Waals surface area (Å²) in [5.74, 6) is -0.671. The van der Waals surface area contributed by atoms with E-state index in [4.69, 9.17) is 9.84 Å². The monoisotopic (exact) mass is 321 g/mol. The number of ether oxygens (including phenoxy) is 1. The van der Waals surface area contributed by atoms with Gasteiger partial charge in [-0.3, -0.25) is 0 Å². The second-order valence-electron chi connectivity index (χ2n) is 4.06. The van der Waals surface area contributed by atoms with Crippen molar-refractivity contribution in [3.63, 3.8) is 0 Å². The number of pyridine rings is 1. The fraction of sp³-hybridized carbons (Fsp3) is 0.143. The first-order valence-electron chi connectivity index (χ1n) is 5.64. The van der Waals surface area contributed by atoms with Crippen LogP contribution in [0.1, 0.15) is 21.6 Å². The van der Waals surface area contributed by atoms with Crippen LogP contribution in [0.3, 0.4) is 0 Å². The molecule has 0 spiro atoms. The summed E-state index contributed by atoms with van der Waals surface area (Å²) in [7, 11) is 0. The second kappa shape index (κ2) is 5.84. The van der Waals surface area contributed by atoms with Gasteiger partial charge in [-0.2, -0.15) is 0 Å². The predicted octanol–water partition coefficient (Wildman–Crippen LogP) is 3.43. The van der Waals surface area contributed by atoms with Gasteiger partial charge in [0.1, 0.15) is 6.61 Å². The Hall–Kier alpha value is -1.88. The Kier molecular flexibility index (Phi) is 4.16. The molecule has 2 aromatic rings. The summed E-state index contributed by atoms with van der Waals surface area (Å²) in [5, 5.41) is 8.97. The van der Waals surface area contributed by atoms with Crippen LogP contribution in [0.15, 0.2) is 40.9 Å². The molecular formula is C14H12BrNO3. The van der Waals surface area contributed by atoms with Crippen molar-refractivity contribution >= 4 is 21.9 Å². The lowest BCUT2D eigenvalue weighted by atomic mass is 10.2. The van der Waals surface area contributed by atoms with Crippen molar-refractivity contribution in [2.75, 3.05) is 0 Å². The maximum absolute atomic E-state index is 10.9. The molecule has 1 aromatic heterocycles. The fourth-order valence-corrected chi connectivity index (χ4v) is 2.07. The molecule has 2 rings (SSSR count). The number of hydrogen-bond donors (Lipinski definition) is 1. The zero-order chi connectivity index (χ0) is 13.8. The van der Waals surface area contributed by atoms with Crippen LogP contribution in [0, 0.1) is 6.92 Å². The number of carboxylic acids is 1. The minimum absolute atomic E-state index is 0.178. The van der Waals surface area contributed by atoms with E-state index in [1.807, 2.05) is 24.3 Å². The second-order valence-corrected chi connectivity index (χ2v) is 4.97. The van der Waals surface area contributed by atoms with Crippen LogP contribution >= 0.6 is 15.9 Å². The maximum Gasteiger partial charge on any atom is 0.335 e. The van der Waals surface area contributed by atoms with E-state index in [1.165, 1.54) is 12.1 Å². The van der Waals surface area contributed by atoms with Crippen LogP contribution < -0.4 is 4.74 Å². The molecule has 5 heteroatoms. The van der Waals surface area contributed by atoms with Crippen LogP contribution in [-0.2, 0) is 6.61 Å². The molecule has 0 saturated heterocycles. The van der Waals surface area contributed by atoms with Gasteiger partial charge in [0.2, 0.25) is 5.88 Å². The van der Waals surface area contributed by atoms with Gasteiger partial charge in [-0.05, 0) is 30.7 Å². The van der Waals surface area contributed by atoms with Gasteiger partial charge in [-0.1, -0.05) is 28.1 Å². The third-order valence-corrected chi connectivity index (χ3v) is 2.95. The summed E-state index contributed by atoms with van der Waals surface area (Å²) in [5.41, 5.74) is 1.77. The summed E-state index contributed by atoms with van der Waals surface area (Å²) >= 11 is 3.38. The van der Waals surface area contributed by atoms with E-state index in [0.29, 0.717) is 18.2 Å². The molecule has 0 fully saturated rings. The van der Waals surface area contributed by atoms with E-state index in [-0.39, 0.29) is 5.56 Å². The summed E-state index contributed by atoms with van der Waals surface area (Å²) in [6.07, 6.45) is 0. The Morgan fingerprint density at radius 3 is 2.84 bits per heavy atom. The van der Waals surface area contributed by atoms with Gasteiger partial charge in [0.05, 0.1) is 5.56 Å². The van der Waals surface area contributed by atoms with Crippen LogP contribution in [0.2, 0.25) is 0 Å². The number of halogens is 1. The van der Waals surface area contributed by atoms with Crippen molar-refractivity contribution in [1.29, 1.82) is 0 Å². The largest absolute Gasteiger partial charge is 0.478 e. The predicted molar refractivity (Wildman–Crippen MR) is 74.4 cm³/mol. The van der Waals surface area contributed by atoms with E-state index in [0.717, 1.165) is 10.0 Å². The minimum Gasteiger partial charge on any atom is -0.478 e. The molecule has 0 amide bonds. The smallest absolute Gasteiger partial charge is 0.335 e. The Morgan fingerprint density at radius 1 is 1.37 bits per heavy atom. The summed E-state index contributed by atoms with van der Waals surface area (Å²) < 4.78 is 6.49. The Labute approximate surface area is 119 Å². The number of aryl methyl sites for hydroxylation is 1. The highest BCUT2D eigenvalue weighted by Gasteiger charge is 2.07. The highest BCUT2D eigenvalue weighted by atomic mass is 79.9. The first-order valence-corrected chi connectivity index (χ1v) is 6.43. The lowest BCUT2D eigenvalue weighted by Crippen LogP contribution is -2.02. The van der Waals surface area contributed by atoms with Gasteiger partial charge < -0.3 is 9.84 Å². The molecule has 1 N–H and O–H groups in total. The van der Waals surface area contributed by atoms with Crippen LogP contribution in [0.5, 0.6) is 5.88 Å². The van der Waals surface area contributed by atoms with Crippen molar-refractivity contribution in [1.82, 2.24) is 4.98 Å². The molecule has 0 bridgehead atoms. The molecule has 98 valence electrons.